The highest BCUT2D eigenvalue weighted by molar-refractivity contribution is 6.03. The molecule has 10 nitrogen and oxygen atoms in total. The topological polar surface area (TPSA) is 108 Å². The fourth-order valence-corrected chi connectivity index (χ4v) is 5.17. The zero-order valence-electron chi connectivity index (χ0n) is 31.3. The molecule has 0 saturated carbocycles. The van der Waals surface area contributed by atoms with E-state index in [1.54, 1.807) is 48.5 Å². The van der Waals surface area contributed by atoms with E-state index in [2.05, 4.69) is 0 Å². The summed E-state index contributed by atoms with van der Waals surface area (Å²) in [4.78, 5) is 28.0. The third kappa shape index (κ3) is 10.5. The highest BCUT2D eigenvalue weighted by atomic mass is 16.6. The van der Waals surface area contributed by atoms with Crippen LogP contribution in [0.1, 0.15) is 101 Å². The third-order valence-corrected chi connectivity index (χ3v) is 7.53. The van der Waals surface area contributed by atoms with E-state index in [-0.39, 0.29) is 22.6 Å². The average molecular weight is 717 g/mol. The van der Waals surface area contributed by atoms with E-state index in [9.17, 15) is 9.59 Å². The molecule has 0 aliphatic rings. The second-order valence-electron chi connectivity index (χ2n) is 12.1. The largest absolute Gasteiger partial charge is 0.493 e. The van der Waals surface area contributed by atoms with Gasteiger partial charge < -0.3 is 37.9 Å². The van der Waals surface area contributed by atoms with E-state index >= 15 is 0 Å². The first-order chi connectivity index (χ1) is 25.4. The van der Waals surface area contributed by atoms with E-state index in [4.69, 9.17) is 37.9 Å². The van der Waals surface area contributed by atoms with Crippen molar-refractivity contribution in [2.75, 3.05) is 39.6 Å². The zero-order chi connectivity index (χ0) is 37.3. The molecular weight excluding hydrogens is 664 g/mol. The summed E-state index contributed by atoms with van der Waals surface area (Å²) in [5.41, 5.74) is 0.326. The predicted octanol–water partition coefficient (Wildman–Crippen LogP) is 10.0. The molecule has 0 bridgehead atoms. The van der Waals surface area contributed by atoms with Crippen molar-refractivity contribution in [3.05, 3.63) is 71.8 Å². The summed E-state index contributed by atoms with van der Waals surface area (Å²) >= 11 is 0. The SMILES string of the molecule is CCCOc1cc(OCCC)c(C(=O)Oc2ccc(OC(=O)c3c(OCCC)cc(OCCC)cc3OCCC)c3ccccc23)c(OCCC)c1. The van der Waals surface area contributed by atoms with Crippen LogP contribution in [0.15, 0.2) is 60.7 Å². The van der Waals surface area contributed by atoms with Gasteiger partial charge in [0.2, 0.25) is 0 Å². The second kappa shape index (κ2) is 20.7. The summed E-state index contributed by atoms with van der Waals surface area (Å²) < 4.78 is 48.0. The minimum atomic E-state index is -0.657. The van der Waals surface area contributed by atoms with Gasteiger partial charge >= 0.3 is 11.9 Å². The van der Waals surface area contributed by atoms with Gasteiger partial charge in [0.05, 0.1) is 39.6 Å². The lowest BCUT2D eigenvalue weighted by Crippen LogP contribution is -2.15. The Hall–Kier alpha value is -5.12. The number of benzene rings is 4. The van der Waals surface area contributed by atoms with Crippen molar-refractivity contribution in [2.45, 2.75) is 80.1 Å². The van der Waals surface area contributed by atoms with E-state index in [1.807, 2.05) is 53.7 Å². The summed E-state index contributed by atoms with van der Waals surface area (Å²) in [5.74, 6) is 1.57. The van der Waals surface area contributed by atoms with Crippen LogP contribution in [0.25, 0.3) is 10.8 Å². The Kier molecular flexibility index (Phi) is 15.8. The van der Waals surface area contributed by atoms with Crippen molar-refractivity contribution in [1.29, 1.82) is 0 Å². The maximum Gasteiger partial charge on any atom is 0.351 e. The van der Waals surface area contributed by atoms with Gasteiger partial charge in [-0.2, -0.15) is 0 Å². The van der Waals surface area contributed by atoms with Gasteiger partial charge in [0.15, 0.2) is 0 Å². The molecule has 4 aromatic carbocycles. The lowest BCUT2D eigenvalue weighted by atomic mass is 10.1. The molecule has 52 heavy (non-hydrogen) atoms. The molecule has 10 heteroatoms. The molecule has 0 amide bonds. The first-order valence-electron chi connectivity index (χ1n) is 18.5. The van der Waals surface area contributed by atoms with E-state index < -0.39 is 11.9 Å². The average Bonchev–Trinajstić information content (AvgIpc) is 3.16. The molecule has 4 rings (SSSR count). The summed E-state index contributed by atoms with van der Waals surface area (Å²) in [5, 5.41) is 1.12. The minimum Gasteiger partial charge on any atom is -0.493 e. The summed E-state index contributed by atoms with van der Waals surface area (Å²) in [6.45, 7) is 14.5. The molecule has 0 aliphatic carbocycles. The Morgan fingerprint density at radius 3 is 0.981 bits per heavy atom. The molecule has 280 valence electrons. The Balaban J connectivity index is 1.72. The van der Waals surface area contributed by atoms with Crippen molar-refractivity contribution in [3.8, 4) is 46.0 Å². The normalized spacial score (nSPS) is 10.8. The first-order valence-corrected chi connectivity index (χ1v) is 18.5. The van der Waals surface area contributed by atoms with Crippen molar-refractivity contribution >= 4 is 22.7 Å². The van der Waals surface area contributed by atoms with Gasteiger partial charge in [0.1, 0.15) is 57.1 Å². The van der Waals surface area contributed by atoms with Crippen LogP contribution >= 0.6 is 0 Å². The van der Waals surface area contributed by atoms with E-state index in [0.717, 1.165) is 38.5 Å². The van der Waals surface area contributed by atoms with Gasteiger partial charge in [-0.25, -0.2) is 9.59 Å². The summed E-state index contributed by atoms with van der Waals surface area (Å²) in [6, 6.07) is 17.2. The molecule has 0 fully saturated rings. The van der Waals surface area contributed by atoms with Gasteiger partial charge in [-0.3, -0.25) is 0 Å². The first kappa shape index (κ1) is 39.7. The number of carbonyl (C=O) groups is 2. The lowest BCUT2D eigenvalue weighted by Gasteiger charge is -2.19. The maximum atomic E-state index is 14.0. The van der Waals surface area contributed by atoms with E-state index in [0.29, 0.717) is 84.9 Å². The van der Waals surface area contributed by atoms with Crippen molar-refractivity contribution in [3.63, 3.8) is 0 Å². The number of hydrogen-bond donors (Lipinski definition) is 0. The number of hydrogen-bond acceptors (Lipinski definition) is 10. The molecule has 0 atom stereocenters. The monoisotopic (exact) mass is 716 g/mol. The number of fused-ring (bicyclic) bond motifs is 1. The molecule has 0 radical (unpaired) electrons. The zero-order valence-corrected chi connectivity index (χ0v) is 31.3. The molecule has 0 aliphatic heterocycles. The fraction of sp³-hybridized carbons (Fsp3) is 0.429. The standard InChI is InChI=1S/C42H52O10/c1-7-19-45-29-25-35(47-21-9-3)39(36(26-29)48-22-10-4)41(43)51-33-17-18-34(32-16-14-13-15-31(32)33)52-42(44)40-37(49-23-11-5)27-30(46-20-8-2)28-38(40)50-24-12-6/h13-18,25-28H,7-12,19-24H2,1-6H3. The van der Waals surface area contributed by atoms with Gasteiger partial charge in [-0.15, -0.1) is 0 Å². The Morgan fingerprint density at radius 2 is 0.692 bits per heavy atom. The van der Waals surface area contributed by atoms with Crippen molar-refractivity contribution in [2.24, 2.45) is 0 Å². The van der Waals surface area contributed by atoms with Gasteiger partial charge in [-0.05, 0) is 50.7 Å². The highest BCUT2D eigenvalue weighted by Gasteiger charge is 2.27. The molecule has 0 aromatic heterocycles. The smallest absolute Gasteiger partial charge is 0.351 e. The quantitative estimate of drug-likeness (QED) is 0.0576. The van der Waals surface area contributed by atoms with Gasteiger partial charge in [-0.1, -0.05) is 65.8 Å². The molecule has 0 spiro atoms. The molecule has 4 aromatic rings. The van der Waals surface area contributed by atoms with Gasteiger partial charge in [0, 0.05) is 35.0 Å². The number of rotatable bonds is 22. The summed E-state index contributed by atoms with van der Waals surface area (Å²) in [7, 11) is 0. The predicted molar refractivity (Wildman–Crippen MR) is 201 cm³/mol. The van der Waals surface area contributed by atoms with Crippen LogP contribution in [0.4, 0.5) is 0 Å². The van der Waals surface area contributed by atoms with Gasteiger partial charge in [0.25, 0.3) is 0 Å². The minimum absolute atomic E-state index is 0.163. The lowest BCUT2D eigenvalue weighted by molar-refractivity contribution is 0.0712. The number of ether oxygens (including phenoxy) is 8. The number of esters is 2. The summed E-state index contributed by atoms with van der Waals surface area (Å²) in [6.07, 6.45) is 4.58. The molecule has 0 heterocycles. The van der Waals surface area contributed by atoms with Crippen LogP contribution in [0.2, 0.25) is 0 Å². The van der Waals surface area contributed by atoms with Crippen LogP contribution in [-0.4, -0.2) is 51.6 Å². The van der Waals surface area contributed by atoms with Crippen molar-refractivity contribution in [1.82, 2.24) is 0 Å². The second-order valence-corrected chi connectivity index (χ2v) is 12.1. The highest BCUT2D eigenvalue weighted by Crippen LogP contribution is 2.40. The van der Waals surface area contributed by atoms with Crippen LogP contribution < -0.4 is 37.9 Å². The third-order valence-electron chi connectivity index (χ3n) is 7.53. The molecule has 0 unspecified atom stereocenters. The molecule has 0 saturated heterocycles. The van der Waals surface area contributed by atoms with Crippen LogP contribution in [-0.2, 0) is 0 Å². The maximum absolute atomic E-state index is 14.0. The number of carbonyl (C=O) groups excluding carboxylic acids is 2. The van der Waals surface area contributed by atoms with Crippen LogP contribution in [0, 0.1) is 0 Å². The molecule has 0 N–H and O–H groups in total. The Labute approximate surface area is 307 Å². The van der Waals surface area contributed by atoms with Crippen LogP contribution in [0.3, 0.4) is 0 Å². The fourth-order valence-electron chi connectivity index (χ4n) is 5.17. The Bertz CT molecular complexity index is 1580. The van der Waals surface area contributed by atoms with Crippen molar-refractivity contribution < 1.29 is 47.5 Å². The Morgan fingerprint density at radius 1 is 0.404 bits per heavy atom. The van der Waals surface area contributed by atoms with E-state index in [1.165, 1.54) is 0 Å². The molecular formula is C42H52O10. The van der Waals surface area contributed by atoms with Crippen LogP contribution in [0.5, 0.6) is 46.0 Å².